The highest BCUT2D eigenvalue weighted by molar-refractivity contribution is 5.88. The Morgan fingerprint density at radius 2 is 2.07 bits per heavy atom. The topological polar surface area (TPSA) is 29.1 Å². The lowest BCUT2D eigenvalue weighted by molar-refractivity contribution is -0.125. The Morgan fingerprint density at radius 3 is 2.60 bits per heavy atom. The second-order valence-corrected chi connectivity index (χ2v) is 4.74. The van der Waals surface area contributed by atoms with E-state index in [1.54, 1.807) is 0 Å². The van der Waals surface area contributed by atoms with Crippen LogP contribution in [0.1, 0.15) is 65.2 Å². The molecular formula is C13H25NO. The normalized spacial score (nSPS) is 25.7. The van der Waals surface area contributed by atoms with Crippen LogP contribution in [0.15, 0.2) is 0 Å². The fourth-order valence-electron chi connectivity index (χ4n) is 2.60. The van der Waals surface area contributed by atoms with Crippen molar-refractivity contribution in [1.82, 2.24) is 5.32 Å². The Kier molecular flexibility index (Phi) is 5.30. The van der Waals surface area contributed by atoms with Gasteiger partial charge in [0, 0.05) is 6.42 Å². The number of hydrogen-bond acceptors (Lipinski definition) is 2. The molecule has 0 aromatic carbocycles. The van der Waals surface area contributed by atoms with Crippen LogP contribution >= 0.6 is 0 Å². The highest BCUT2D eigenvalue weighted by atomic mass is 16.1. The van der Waals surface area contributed by atoms with Gasteiger partial charge in [-0.25, -0.2) is 0 Å². The SMILES string of the molecule is CCCCCC(=O)C1(CCC)CCCN1. The summed E-state index contributed by atoms with van der Waals surface area (Å²) < 4.78 is 0. The van der Waals surface area contributed by atoms with Gasteiger partial charge in [0.2, 0.25) is 0 Å². The summed E-state index contributed by atoms with van der Waals surface area (Å²) in [5.41, 5.74) is -0.136. The fraction of sp³-hybridized carbons (Fsp3) is 0.923. The summed E-state index contributed by atoms with van der Waals surface area (Å²) in [6, 6.07) is 0. The van der Waals surface area contributed by atoms with Gasteiger partial charge in [-0.15, -0.1) is 0 Å². The van der Waals surface area contributed by atoms with E-state index in [-0.39, 0.29) is 5.54 Å². The molecule has 1 aliphatic heterocycles. The van der Waals surface area contributed by atoms with Crippen LogP contribution < -0.4 is 5.32 Å². The Hall–Kier alpha value is -0.370. The van der Waals surface area contributed by atoms with Crippen LogP contribution in [0.2, 0.25) is 0 Å². The van der Waals surface area contributed by atoms with Gasteiger partial charge < -0.3 is 5.32 Å². The highest BCUT2D eigenvalue weighted by Crippen LogP contribution is 2.27. The number of hydrogen-bond donors (Lipinski definition) is 1. The lowest BCUT2D eigenvalue weighted by Gasteiger charge is -2.27. The Labute approximate surface area is 93.8 Å². The fourth-order valence-corrected chi connectivity index (χ4v) is 2.60. The Morgan fingerprint density at radius 1 is 1.27 bits per heavy atom. The molecule has 0 aromatic rings. The summed E-state index contributed by atoms with van der Waals surface area (Å²) in [5.74, 6) is 0.468. The minimum atomic E-state index is -0.136. The molecule has 1 aliphatic rings. The molecule has 2 nitrogen and oxygen atoms in total. The molecule has 1 rings (SSSR count). The number of rotatable bonds is 7. The van der Waals surface area contributed by atoms with Gasteiger partial charge in [0.1, 0.15) is 0 Å². The van der Waals surface area contributed by atoms with Crippen LogP contribution in [0.25, 0.3) is 0 Å². The number of carbonyl (C=O) groups excluding carboxylic acids is 1. The van der Waals surface area contributed by atoms with Gasteiger partial charge in [0.15, 0.2) is 5.78 Å². The largest absolute Gasteiger partial charge is 0.305 e. The maximum absolute atomic E-state index is 12.2. The molecule has 0 spiro atoms. The molecule has 15 heavy (non-hydrogen) atoms. The molecular weight excluding hydrogens is 186 g/mol. The molecule has 0 saturated carbocycles. The summed E-state index contributed by atoms with van der Waals surface area (Å²) in [7, 11) is 0. The van der Waals surface area contributed by atoms with Crippen molar-refractivity contribution in [2.45, 2.75) is 70.8 Å². The molecule has 0 aliphatic carbocycles. The van der Waals surface area contributed by atoms with Gasteiger partial charge >= 0.3 is 0 Å². The molecule has 1 saturated heterocycles. The summed E-state index contributed by atoms with van der Waals surface area (Å²) in [5, 5.41) is 3.45. The van der Waals surface area contributed by atoms with Gasteiger partial charge in [-0.2, -0.15) is 0 Å². The van der Waals surface area contributed by atoms with Gasteiger partial charge in [0.25, 0.3) is 0 Å². The molecule has 0 amide bonds. The summed E-state index contributed by atoms with van der Waals surface area (Å²) >= 11 is 0. The zero-order valence-corrected chi connectivity index (χ0v) is 10.3. The highest BCUT2D eigenvalue weighted by Gasteiger charge is 2.38. The van der Waals surface area contributed by atoms with Crippen LogP contribution in [0.5, 0.6) is 0 Å². The van der Waals surface area contributed by atoms with Gasteiger partial charge in [0.05, 0.1) is 5.54 Å². The minimum Gasteiger partial charge on any atom is -0.305 e. The molecule has 0 aromatic heterocycles. The smallest absolute Gasteiger partial charge is 0.152 e. The van der Waals surface area contributed by atoms with Crippen molar-refractivity contribution >= 4 is 5.78 Å². The molecule has 1 atom stereocenters. The molecule has 1 unspecified atom stereocenters. The van der Waals surface area contributed by atoms with Crippen molar-refractivity contribution in [3.8, 4) is 0 Å². The third-order valence-electron chi connectivity index (χ3n) is 3.46. The standard InChI is InChI=1S/C13H25NO/c1-3-5-6-8-12(15)13(9-4-2)10-7-11-14-13/h14H,3-11H2,1-2H3. The average molecular weight is 211 g/mol. The average Bonchev–Trinajstić information content (AvgIpc) is 2.68. The summed E-state index contributed by atoms with van der Waals surface area (Å²) in [4.78, 5) is 12.2. The third kappa shape index (κ3) is 3.30. The van der Waals surface area contributed by atoms with E-state index in [1.165, 1.54) is 19.3 Å². The first-order chi connectivity index (χ1) is 7.25. The van der Waals surface area contributed by atoms with Crippen LogP contribution in [-0.2, 0) is 4.79 Å². The Balaban J connectivity index is 2.44. The Bertz CT molecular complexity index is 195. The summed E-state index contributed by atoms with van der Waals surface area (Å²) in [6.45, 7) is 5.38. The van der Waals surface area contributed by atoms with Gasteiger partial charge in [-0.1, -0.05) is 33.1 Å². The van der Waals surface area contributed by atoms with Crippen LogP contribution in [0.3, 0.4) is 0 Å². The minimum absolute atomic E-state index is 0.136. The van der Waals surface area contributed by atoms with E-state index in [9.17, 15) is 4.79 Å². The lowest BCUT2D eigenvalue weighted by atomic mass is 9.85. The number of carbonyl (C=O) groups is 1. The first-order valence-electron chi connectivity index (χ1n) is 6.53. The van der Waals surface area contributed by atoms with Crippen molar-refractivity contribution < 1.29 is 4.79 Å². The third-order valence-corrected chi connectivity index (χ3v) is 3.46. The maximum atomic E-state index is 12.2. The zero-order chi connectivity index (χ0) is 11.1. The van der Waals surface area contributed by atoms with E-state index in [4.69, 9.17) is 0 Å². The first-order valence-corrected chi connectivity index (χ1v) is 6.53. The summed E-state index contributed by atoms with van der Waals surface area (Å²) in [6.07, 6.45) is 8.59. The van der Waals surface area contributed by atoms with Gasteiger partial charge in [-0.05, 0) is 32.2 Å². The second kappa shape index (κ2) is 6.26. The van der Waals surface area contributed by atoms with Crippen molar-refractivity contribution in [2.75, 3.05) is 6.54 Å². The predicted molar refractivity (Wildman–Crippen MR) is 64.0 cm³/mol. The second-order valence-electron chi connectivity index (χ2n) is 4.74. The molecule has 1 fully saturated rings. The van der Waals surface area contributed by atoms with E-state index >= 15 is 0 Å². The lowest BCUT2D eigenvalue weighted by Crippen LogP contribution is -2.47. The molecule has 1 N–H and O–H groups in total. The number of Topliss-reactive ketones (excluding diaryl/α,β-unsaturated/α-hetero) is 1. The molecule has 88 valence electrons. The van der Waals surface area contributed by atoms with E-state index < -0.39 is 0 Å². The number of nitrogens with one attached hydrogen (secondary N) is 1. The van der Waals surface area contributed by atoms with E-state index in [0.29, 0.717) is 5.78 Å². The predicted octanol–water partition coefficient (Wildman–Crippen LogP) is 3.06. The van der Waals surface area contributed by atoms with E-state index in [0.717, 1.165) is 38.6 Å². The molecule has 2 heteroatoms. The van der Waals surface area contributed by atoms with Crippen molar-refractivity contribution in [2.24, 2.45) is 0 Å². The monoisotopic (exact) mass is 211 g/mol. The number of ketones is 1. The van der Waals surface area contributed by atoms with Crippen LogP contribution in [0.4, 0.5) is 0 Å². The van der Waals surface area contributed by atoms with E-state index in [1.807, 2.05) is 0 Å². The first kappa shape index (κ1) is 12.7. The molecule has 0 bridgehead atoms. The van der Waals surface area contributed by atoms with E-state index in [2.05, 4.69) is 19.2 Å². The van der Waals surface area contributed by atoms with Crippen molar-refractivity contribution in [3.05, 3.63) is 0 Å². The van der Waals surface area contributed by atoms with Crippen molar-refractivity contribution in [3.63, 3.8) is 0 Å². The van der Waals surface area contributed by atoms with Crippen LogP contribution in [0, 0.1) is 0 Å². The molecule has 1 heterocycles. The number of unbranched alkanes of at least 4 members (excludes halogenated alkanes) is 2. The zero-order valence-electron chi connectivity index (χ0n) is 10.3. The quantitative estimate of drug-likeness (QED) is 0.656. The molecule has 0 radical (unpaired) electrons. The maximum Gasteiger partial charge on any atom is 0.152 e. The van der Waals surface area contributed by atoms with Gasteiger partial charge in [-0.3, -0.25) is 4.79 Å². The van der Waals surface area contributed by atoms with Crippen molar-refractivity contribution in [1.29, 1.82) is 0 Å². The van der Waals surface area contributed by atoms with Crippen LogP contribution in [-0.4, -0.2) is 17.9 Å².